The Balaban J connectivity index is 3.58. The molecule has 0 heterocycles. The second kappa shape index (κ2) is 4.78. The minimum Gasteiger partial charge on any atom is -0.316 e. The molecule has 0 fully saturated rings. The van der Waals surface area contributed by atoms with Crippen molar-refractivity contribution in [1.82, 2.24) is 5.32 Å². The predicted octanol–water partition coefficient (Wildman–Crippen LogP) is 1.60. The highest BCUT2D eigenvalue weighted by molar-refractivity contribution is 6.08. The van der Waals surface area contributed by atoms with Gasteiger partial charge in [0.2, 0.25) is 0 Å². The molecule has 0 aromatic heterocycles. The number of nitrogens with one attached hydrogen (secondary N) is 1. The summed E-state index contributed by atoms with van der Waals surface area (Å²) in [5.41, 5.74) is 0.302. The summed E-state index contributed by atoms with van der Waals surface area (Å²) in [5.74, 6) is 0. The summed E-state index contributed by atoms with van der Waals surface area (Å²) in [4.78, 5) is 0. The summed E-state index contributed by atoms with van der Waals surface area (Å²) in [7, 11) is 5.62. The van der Waals surface area contributed by atoms with Crippen LogP contribution in [-0.2, 0) is 0 Å². The Morgan fingerprint density at radius 1 is 1.40 bits per heavy atom. The van der Waals surface area contributed by atoms with Crippen molar-refractivity contribution in [3.05, 3.63) is 0 Å². The minimum absolute atomic E-state index is 0.302. The maximum Gasteiger partial charge on any atom is 0.0660 e. The zero-order valence-electron chi connectivity index (χ0n) is 7.41. The summed E-state index contributed by atoms with van der Waals surface area (Å²) in [6.45, 7) is 8.60. The molecule has 0 amide bonds. The lowest BCUT2D eigenvalue weighted by Gasteiger charge is -2.26. The van der Waals surface area contributed by atoms with Crippen LogP contribution in [0.1, 0.15) is 27.2 Å². The van der Waals surface area contributed by atoms with Crippen molar-refractivity contribution >= 4 is 7.85 Å². The molecule has 0 rings (SSSR count). The molecular weight excluding hydrogens is 121 g/mol. The molecule has 2 heteroatoms. The molecule has 0 saturated heterocycles. The van der Waals surface area contributed by atoms with E-state index in [0.29, 0.717) is 5.41 Å². The van der Waals surface area contributed by atoms with Crippen molar-refractivity contribution in [3.63, 3.8) is 0 Å². The van der Waals surface area contributed by atoms with E-state index in [9.17, 15) is 0 Å². The lowest BCUT2D eigenvalue weighted by atomic mass is 9.75. The van der Waals surface area contributed by atoms with Gasteiger partial charge in [-0.2, -0.15) is 0 Å². The largest absolute Gasteiger partial charge is 0.316 e. The molecule has 0 aliphatic rings. The Morgan fingerprint density at radius 3 is 2.30 bits per heavy atom. The summed E-state index contributed by atoms with van der Waals surface area (Å²) in [6.07, 6.45) is 1.92. The van der Waals surface area contributed by atoms with Crippen LogP contribution < -0.4 is 5.32 Å². The van der Waals surface area contributed by atoms with Crippen molar-refractivity contribution in [2.45, 2.75) is 33.5 Å². The van der Waals surface area contributed by atoms with Gasteiger partial charge in [0.25, 0.3) is 0 Å². The van der Waals surface area contributed by atoms with E-state index in [0.717, 1.165) is 25.8 Å². The Kier molecular flexibility index (Phi) is 4.79. The van der Waals surface area contributed by atoms with E-state index in [1.807, 2.05) is 0 Å². The molecule has 0 saturated carbocycles. The Morgan fingerprint density at radius 2 is 2.00 bits per heavy atom. The minimum atomic E-state index is 0.302. The summed E-state index contributed by atoms with van der Waals surface area (Å²) < 4.78 is 0. The average molecular weight is 139 g/mol. The van der Waals surface area contributed by atoms with Crippen LogP contribution in [0.4, 0.5) is 0 Å². The number of rotatable bonds is 5. The molecule has 0 aliphatic carbocycles. The zero-order chi connectivity index (χ0) is 8.04. The van der Waals surface area contributed by atoms with E-state index in [-0.39, 0.29) is 0 Å². The molecule has 1 atom stereocenters. The Hall–Kier alpha value is 0.0249. The Labute approximate surface area is 66.0 Å². The third kappa shape index (κ3) is 3.26. The normalized spacial score (nSPS) is 16.7. The van der Waals surface area contributed by atoms with E-state index in [1.165, 1.54) is 0 Å². The summed E-state index contributed by atoms with van der Waals surface area (Å²) in [5, 5.41) is 3.31. The first-order valence-corrected chi connectivity index (χ1v) is 4.09. The molecule has 0 bridgehead atoms. The van der Waals surface area contributed by atoms with E-state index < -0.39 is 0 Å². The van der Waals surface area contributed by atoms with Crippen LogP contribution in [0.2, 0.25) is 6.32 Å². The second-order valence-corrected chi connectivity index (χ2v) is 3.15. The molecule has 1 nitrogen and oxygen atoms in total. The monoisotopic (exact) mass is 139 g/mol. The number of hydrogen-bond donors (Lipinski definition) is 1. The van der Waals surface area contributed by atoms with Crippen LogP contribution in [0.5, 0.6) is 0 Å². The van der Waals surface area contributed by atoms with Crippen molar-refractivity contribution < 1.29 is 0 Å². The van der Waals surface area contributed by atoms with Crippen LogP contribution in [0.15, 0.2) is 0 Å². The lowest BCUT2D eigenvalue weighted by Crippen LogP contribution is -2.30. The van der Waals surface area contributed by atoms with Gasteiger partial charge in [-0.05, 0) is 18.5 Å². The van der Waals surface area contributed by atoms with E-state index in [1.54, 1.807) is 0 Å². The van der Waals surface area contributed by atoms with Gasteiger partial charge in [0.05, 0.1) is 7.85 Å². The van der Waals surface area contributed by atoms with E-state index in [2.05, 4.69) is 26.1 Å². The average Bonchev–Trinajstić information content (AvgIpc) is 2.00. The van der Waals surface area contributed by atoms with Gasteiger partial charge >= 0.3 is 0 Å². The molecule has 0 spiro atoms. The fourth-order valence-corrected chi connectivity index (χ4v) is 0.768. The van der Waals surface area contributed by atoms with Gasteiger partial charge in [-0.25, -0.2) is 0 Å². The fourth-order valence-electron chi connectivity index (χ4n) is 0.768. The smallest absolute Gasteiger partial charge is 0.0660 e. The topological polar surface area (TPSA) is 12.0 Å². The van der Waals surface area contributed by atoms with Crippen molar-refractivity contribution in [2.24, 2.45) is 5.41 Å². The maximum absolute atomic E-state index is 5.62. The van der Waals surface area contributed by atoms with E-state index >= 15 is 0 Å². The molecule has 0 aromatic carbocycles. The SMILES string of the molecule is [B]CC(C)(CC)CNCC. The summed E-state index contributed by atoms with van der Waals surface area (Å²) in [6, 6.07) is 0. The quantitative estimate of drug-likeness (QED) is 0.570. The molecule has 2 radical (unpaired) electrons. The van der Waals surface area contributed by atoms with Gasteiger partial charge in [-0.15, -0.1) is 0 Å². The highest BCUT2D eigenvalue weighted by Crippen LogP contribution is 2.23. The highest BCUT2D eigenvalue weighted by atomic mass is 14.9. The molecule has 1 unspecified atom stereocenters. The fraction of sp³-hybridized carbons (Fsp3) is 1.00. The molecule has 10 heavy (non-hydrogen) atoms. The Bertz CT molecular complexity index is 79.3. The number of hydrogen-bond acceptors (Lipinski definition) is 1. The van der Waals surface area contributed by atoms with Crippen molar-refractivity contribution in [1.29, 1.82) is 0 Å². The first-order valence-electron chi connectivity index (χ1n) is 4.09. The van der Waals surface area contributed by atoms with Crippen LogP contribution >= 0.6 is 0 Å². The predicted molar refractivity (Wildman–Crippen MR) is 47.5 cm³/mol. The van der Waals surface area contributed by atoms with Gasteiger partial charge in [0.15, 0.2) is 0 Å². The molecule has 1 N–H and O–H groups in total. The van der Waals surface area contributed by atoms with E-state index in [4.69, 9.17) is 7.85 Å². The van der Waals surface area contributed by atoms with Crippen LogP contribution in [0.3, 0.4) is 0 Å². The van der Waals surface area contributed by atoms with Crippen LogP contribution in [0.25, 0.3) is 0 Å². The molecular formula is C8H18BN. The van der Waals surface area contributed by atoms with Gasteiger partial charge in [0, 0.05) is 0 Å². The summed E-state index contributed by atoms with van der Waals surface area (Å²) >= 11 is 0. The van der Waals surface area contributed by atoms with Crippen LogP contribution in [-0.4, -0.2) is 20.9 Å². The molecule has 0 aliphatic heterocycles. The van der Waals surface area contributed by atoms with Crippen molar-refractivity contribution in [2.75, 3.05) is 13.1 Å². The lowest BCUT2D eigenvalue weighted by molar-refractivity contribution is 0.332. The van der Waals surface area contributed by atoms with Gasteiger partial charge in [-0.1, -0.05) is 33.5 Å². The van der Waals surface area contributed by atoms with Gasteiger partial charge in [-0.3, -0.25) is 0 Å². The van der Waals surface area contributed by atoms with Gasteiger partial charge in [0.1, 0.15) is 0 Å². The standard InChI is InChI=1S/C8H18BN/c1-4-8(3,6-9)7-10-5-2/h10H,4-7H2,1-3H3. The maximum atomic E-state index is 5.62. The van der Waals surface area contributed by atoms with Crippen LogP contribution in [0, 0.1) is 5.41 Å². The first kappa shape index (κ1) is 10.0. The molecule has 0 aromatic rings. The first-order chi connectivity index (χ1) is 4.68. The third-order valence-corrected chi connectivity index (χ3v) is 2.15. The van der Waals surface area contributed by atoms with Crippen molar-refractivity contribution in [3.8, 4) is 0 Å². The molecule has 58 valence electrons. The highest BCUT2D eigenvalue weighted by Gasteiger charge is 2.17. The van der Waals surface area contributed by atoms with Gasteiger partial charge < -0.3 is 5.32 Å². The zero-order valence-corrected chi connectivity index (χ0v) is 7.41. The third-order valence-electron chi connectivity index (χ3n) is 2.15. The second-order valence-electron chi connectivity index (χ2n) is 3.15.